The van der Waals surface area contributed by atoms with Crippen molar-refractivity contribution >= 4 is 45.8 Å². The molecule has 0 saturated carbocycles. The lowest BCUT2D eigenvalue weighted by atomic mass is 10.2. The molecule has 1 saturated heterocycles. The molecule has 0 radical (unpaired) electrons. The molecule has 2 rings (SSSR count). The molecule has 0 aliphatic carbocycles. The fourth-order valence-electron chi connectivity index (χ4n) is 2.10. The summed E-state index contributed by atoms with van der Waals surface area (Å²) >= 11 is 9.22. The zero-order chi connectivity index (χ0) is 14.4. The van der Waals surface area contributed by atoms with Crippen LogP contribution in [0.3, 0.4) is 0 Å². The first-order chi connectivity index (χ1) is 9.65. The highest BCUT2D eigenvalue weighted by Gasteiger charge is 2.14. The molecule has 1 atom stereocenters. The van der Waals surface area contributed by atoms with E-state index in [1.165, 1.54) is 6.42 Å². The molecule has 1 aromatic rings. The van der Waals surface area contributed by atoms with Gasteiger partial charge in [0.2, 0.25) is 5.91 Å². The highest BCUT2D eigenvalue weighted by molar-refractivity contribution is 9.10. The summed E-state index contributed by atoms with van der Waals surface area (Å²) in [6, 6.07) is 5.73. The van der Waals surface area contributed by atoms with Crippen LogP contribution in [0.1, 0.15) is 19.3 Å². The Morgan fingerprint density at radius 3 is 3.00 bits per heavy atom. The molecule has 1 fully saturated rings. The van der Waals surface area contributed by atoms with E-state index in [-0.39, 0.29) is 18.3 Å². The maximum Gasteiger partial charge on any atom is 0.223 e. The van der Waals surface area contributed by atoms with Gasteiger partial charge in [0.15, 0.2) is 0 Å². The summed E-state index contributed by atoms with van der Waals surface area (Å²) in [4.78, 5) is 11.7. The molecule has 0 spiro atoms. The van der Waals surface area contributed by atoms with Gasteiger partial charge in [-0.1, -0.05) is 11.6 Å². The summed E-state index contributed by atoms with van der Waals surface area (Å²) in [6.07, 6.45) is 2.67. The van der Waals surface area contributed by atoms with Crippen LogP contribution < -0.4 is 15.4 Å². The minimum absolute atomic E-state index is 0. The van der Waals surface area contributed by atoms with E-state index in [2.05, 4.69) is 26.6 Å². The highest BCUT2D eigenvalue weighted by atomic mass is 79.9. The summed E-state index contributed by atoms with van der Waals surface area (Å²) in [7, 11) is 0. The maximum absolute atomic E-state index is 11.7. The van der Waals surface area contributed by atoms with Crippen LogP contribution in [0.2, 0.25) is 5.02 Å². The van der Waals surface area contributed by atoms with Gasteiger partial charge in [-0.05, 0) is 53.5 Å². The van der Waals surface area contributed by atoms with Gasteiger partial charge < -0.3 is 15.4 Å². The minimum atomic E-state index is 0. The quantitative estimate of drug-likeness (QED) is 0.775. The first-order valence-corrected chi connectivity index (χ1v) is 7.90. The third-order valence-corrected chi connectivity index (χ3v) is 4.04. The topological polar surface area (TPSA) is 50.4 Å². The van der Waals surface area contributed by atoms with Crippen LogP contribution in [-0.2, 0) is 4.79 Å². The van der Waals surface area contributed by atoms with Crippen molar-refractivity contribution in [3.63, 3.8) is 0 Å². The SMILES string of the molecule is Cl.O=C(CCOc1ccc(Cl)cc1Br)NCC1CCCN1. The number of carbonyl (C=O) groups excluding carboxylic acids is 1. The molecule has 7 heteroatoms. The largest absolute Gasteiger partial charge is 0.492 e. The fraction of sp³-hybridized carbons (Fsp3) is 0.500. The average molecular weight is 398 g/mol. The first-order valence-electron chi connectivity index (χ1n) is 6.73. The summed E-state index contributed by atoms with van der Waals surface area (Å²) in [5.74, 6) is 0.712. The van der Waals surface area contributed by atoms with Crippen molar-refractivity contribution in [3.8, 4) is 5.75 Å². The normalized spacial score (nSPS) is 17.1. The molecule has 1 amide bonds. The van der Waals surface area contributed by atoms with Crippen LogP contribution in [0.5, 0.6) is 5.75 Å². The van der Waals surface area contributed by atoms with Gasteiger partial charge >= 0.3 is 0 Å². The van der Waals surface area contributed by atoms with Crippen molar-refractivity contribution in [2.75, 3.05) is 19.7 Å². The Morgan fingerprint density at radius 1 is 1.52 bits per heavy atom. The zero-order valence-electron chi connectivity index (χ0n) is 11.5. The Bertz CT molecular complexity index is 468. The standard InChI is InChI=1S/C14H18BrClN2O2.ClH/c15-12-8-10(16)3-4-13(12)20-7-5-14(19)18-9-11-2-1-6-17-11;/h3-4,8,11,17H,1-2,5-7,9H2,(H,18,19);1H. The smallest absolute Gasteiger partial charge is 0.223 e. The monoisotopic (exact) mass is 396 g/mol. The lowest BCUT2D eigenvalue weighted by Gasteiger charge is -2.12. The second-order valence-electron chi connectivity index (χ2n) is 4.77. The average Bonchev–Trinajstić information content (AvgIpc) is 2.92. The Morgan fingerprint density at radius 2 is 2.33 bits per heavy atom. The molecule has 0 bridgehead atoms. The van der Waals surface area contributed by atoms with Gasteiger partial charge in [0.1, 0.15) is 5.75 Å². The highest BCUT2D eigenvalue weighted by Crippen LogP contribution is 2.27. The van der Waals surface area contributed by atoms with Crippen LogP contribution in [0.25, 0.3) is 0 Å². The zero-order valence-corrected chi connectivity index (χ0v) is 14.7. The maximum atomic E-state index is 11.7. The number of hydrogen-bond donors (Lipinski definition) is 2. The van der Waals surface area contributed by atoms with Crippen molar-refractivity contribution < 1.29 is 9.53 Å². The molecule has 2 N–H and O–H groups in total. The number of nitrogens with one attached hydrogen (secondary N) is 2. The van der Waals surface area contributed by atoms with Crippen LogP contribution in [0.15, 0.2) is 22.7 Å². The molecular formula is C14H19BrCl2N2O2. The van der Waals surface area contributed by atoms with Gasteiger partial charge in [-0.2, -0.15) is 0 Å². The lowest BCUT2D eigenvalue weighted by molar-refractivity contribution is -0.121. The number of rotatable bonds is 6. The fourth-order valence-corrected chi connectivity index (χ4v) is 2.90. The third-order valence-electron chi connectivity index (χ3n) is 3.19. The third kappa shape index (κ3) is 6.43. The molecule has 1 aliphatic heterocycles. The van der Waals surface area contributed by atoms with E-state index in [0.717, 1.165) is 17.4 Å². The van der Waals surface area contributed by atoms with Crippen molar-refractivity contribution in [1.29, 1.82) is 0 Å². The number of benzene rings is 1. The van der Waals surface area contributed by atoms with E-state index in [0.29, 0.717) is 36.4 Å². The number of amides is 1. The van der Waals surface area contributed by atoms with E-state index in [9.17, 15) is 4.79 Å². The molecule has 0 aromatic heterocycles. The first kappa shape index (κ1) is 18.6. The molecule has 21 heavy (non-hydrogen) atoms. The second kappa shape index (κ2) is 9.51. The Labute approximate surface area is 144 Å². The van der Waals surface area contributed by atoms with Gasteiger partial charge in [-0.15, -0.1) is 12.4 Å². The van der Waals surface area contributed by atoms with Gasteiger partial charge in [-0.25, -0.2) is 0 Å². The van der Waals surface area contributed by atoms with Gasteiger partial charge in [0, 0.05) is 17.6 Å². The van der Waals surface area contributed by atoms with E-state index < -0.39 is 0 Å². The van der Waals surface area contributed by atoms with E-state index in [4.69, 9.17) is 16.3 Å². The molecule has 1 aromatic carbocycles. The van der Waals surface area contributed by atoms with E-state index in [1.807, 2.05) is 0 Å². The number of halogens is 3. The molecular weight excluding hydrogens is 379 g/mol. The second-order valence-corrected chi connectivity index (χ2v) is 6.06. The predicted octanol–water partition coefficient (Wildman–Crippen LogP) is 3.16. The van der Waals surface area contributed by atoms with Crippen molar-refractivity contribution in [3.05, 3.63) is 27.7 Å². The van der Waals surface area contributed by atoms with Gasteiger partial charge in [0.25, 0.3) is 0 Å². The number of hydrogen-bond acceptors (Lipinski definition) is 3. The number of carbonyl (C=O) groups is 1. The number of ether oxygens (including phenoxy) is 1. The summed E-state index contributed by atoms with van der Waals surface area (Å²) in [5, 5.41) is 6.91. The lowest BCUT2D eigenvalue weighted by Crippen LogP contribution is -2.37. The molecule has 4 nitrogen and oxygen atoms in total. The van der Waals surface area contributed by atoms with E-state index >= 15 is 0 Å². The van der Waals surface area contributed by atoms with Gasteiger partial charge in [0.05, 0.1) is 17.5 Å². The Kier molecular flexibility index (Phi) is 8.41. The summed E-state index contributed by atoms with van der Waals surface area (Å²) in [6.45, 7) is 2.10. The van der Waals surface area contributed by atoms with Crippen molar-refractivity contribution in [2.24, 2.45) is 0 Å². The van der Waals surface area contributed by atoms with Crippen LogP contribution in [0, 0.1) is 0 Å². The summed E-state index contributed by atoms with van der Waals surface area (Å²) in [5.41, 5.74) is 0. The van der Waals surface area contributed by atoms with Crippen LogP contribution in [-0.4, -0.2) is 31.6 Å². The van der Waals surface area contributed by atoms with Gasteiger partial charge in [-0.3, -0.25) is 4.79 Å². The Balaban J connectivity index is 0.00000220. The summed E-state index contributed by atoms with van der Waals surface area (Å²) < 4.78 is 6.34. The predicted molar refractivity (Wildman–Crippen MR) is 90.5 cm³/mol. The minimum Gasteiger partial charge on any atom is -0.492 e. The van der Waals surface area contributed by atoms with Crippen LogP contribution in [0.4, 0.5) is 0 Å². The van der Waals surface area contributed by atoms with E-state index in [1.54, 1.807) is 18.2 Å². The van der Waals surface area contributed by atoms with Crippen LogP contribution >= 0.6 is 39.9 Å². The molecule has 1 unspecified atom stereocenters. The van der Waals surface area contributed by atoms with Crippen molar-refractivity contribution in [2.45, 2.75) is 25.3 Å². The molecule has 1 heterocycles. The van der Waals surface area contributed by atoms with Crippen molar-refractivity contribution in [1.82, 2.24) is 10.6 Å². The Hall–Kier alpha value is -0.490. The molecule has 1 aliphatic rings. The molecule has 118 valence electrons.